The zero-order chi connectivity index (χ0) is 16.2. The van der Waals surface area contributed by atoms with Crippen molar-refractivity contribution in [1.82, 2.24) is 9.80 Å². The van der Waals surface area contributed by atoms with Crippen LogP contribution in [0.1, 0.15) is 38.2 Å². The van der Waals surface area contributed by atoms with E-state index in [2.05, 4.69) is 44.8 Å². The number of hydrogen-bond donors (Lipinski definition) is 0. The molecular formula is C19H29BrN2O. The fourth-order valence-corrected chi connectivity index (χ4v) is 4.54. The van der Waals surface area contributed by atoms with Gasteiger partial charge in [-0.25, -0.2) is 0 Å². The zero-order valence-corrected chi connectivity index (χ0v) is 16.0. The van der Waals surface area contributed by atoms with E-state index >= 15 is 0 Å². The van der Waals surface area contributed by atoms with Gasteiger partial charge in [0.05, 0.1) is 7.11 Å². The molecule has 2 unspecified atom stereocenters. The first-order chi connectivity index (χ1) is 11.2. The van der Waals surface area contributed by atoms with Crippen LogP contribution in [0.2, 0.25) is 0 Å². The highest BCUT2D eigenvalue weighted by Crippen LogP contribution is 2.29. The minimum absolute atomic E-state index is 0.835. The van der Waals surface area contributed by atoms with Gasteiger partial charge in [0.15, 0.2) is 0 Å². The molecule has 3 nitrogen and oxygen atoms in total. The van der Waals surface area contributed by atoms with E-state index in [1.54, 1.807) is 7.11 Å². The van der Waals surface area contributed by atoms with Crippen LogP contribution in [0.25, 0.3) is 0 Å². The van der Waals surface area contributed by atoms with Crippen LogP contribution in [0.3, 0.4) is 0 Å². The van der Waals surface area contributed by atoms with Gasteiger partial charge in [-0.15, -0.1) is 0 Å². The highest BCUT2D eigenvalue weighted by atomic mass is 79.9. The first kappa shape index (κ1) is 17.2. The van der Waals surface area contributed by atoms with Gasteiger partial charge in [0.25, 0.3) is 0 Å². The van der Waals surface area contributed by atoms with E-state index in [0.29, 0.717) is 0 Å². The summed E-state index contributed by atoms with van der Waals surface area (Å²) < 4.78 is 6.64. The highest BCUT2D eigenvalue weighted by molar-refractivity contribution is 9.10. The lowest BCUT2D eigenvalue weighted by Crippen LogP contribution is -2.50. The molecule has 1 heterocycles. The summed E-state index contributed by atoms with van der Waals surface area (Å²) in [7, 11) is 1.76. The number of piperazine rings is 1. The number of methoxy groups -OCH3 is 1. The highest BCUT2D eigenvalue weighted by Gasteiger charge is 2.27. The molecule has 0 spiro atoms. The minimum atomic E-state index is 0.835. The second kappa shape index (κ2) is 8.00. The molecule has 0 bridgehead atoms. The third-order valence-corrected chi connectivity index (χ3v) is 5.96. The van der Waals surface area contributed by atoms with Crippen molar-refractivity contribution < 1.29 is 4.74 Å². The molecule has 1 aliphatic carbocycles. The van der Waals surface area contributed by atoms with Crippen molar-refractivity contribution in [2.24, 2.45) is 5.92 Å². The van der Waals surface area contributed by atoms with E-state index in [4.69, 9.17) is 4.74 Å². The Morgan fingerprint density at radius 1 is 1.17 bits per heavy atom. The minimum Gasteiger partial charge on any atom is -0.496 e. The van der Waals surface area contributed by atoms with Crippen LogP contribution in [0, 0.1) is 5.92 Å². The molecule has 2 fully saturated rings. The van der Waals surface area contributed by atoms with Crippen molar-refractivity contribution in [1.29, 1.82) is 0 Å². The monoisotopic (exact) mass is 380 g/mol. The Labute approximate surface area is 149 Å². The summed E-state index contributed by atoms with van der Waals surface area (Å²) in [6, 6.07) is 7.12. The summed E-state index contributed by atoms with van der Waals surface area (Å²) >= 11 is 3.58. The van der Waals surface area contributed by atoms with Gasteiger partial charge in [-0.1, -0.05) is 35.7 Å². The Hall–Kier alpha value is -0.580. The number of nitrogens with zero attached hydrogens (tertiary/aromatic N) is 2. The Balaban J connectivity index is 1.54. The first-order valence-electron chi connectivity index (χ1n) is 8.94. The second-order valence-corrected chi connectivity index (χ2v) is 8.11. The lowest BCUT2D eigenvalue weighted by atomic mass is 9.86. The Bertz CT molecular complexity index is 514. The molecule has 0 N–H and O–H groups in total. The molecule has 2 aliphatic rings. The van der Waals surface area contributed by atoms with E-state index in [0.717, 1.165) is 28.7 Å². The average molecular weight is 381 g/mol. The summed E-state index contributed by atoms with van der Waals surface area (Å²) in [4.78, 5) is 5.30. The topological polar surface area (TPSA) is 15.7 Å². The number of ether oxygens (including phenoxy) is 1. The molecule has 1 saturated heterocycles. The van der Waals surface area contributed by atoms with Gasteiger partial charge in [0.2, 0.25) is 0 Å². The Morgan fingerprint density at radius 2 is 1.96 bits per heavy atom. The molecule has 1 aliphatic heterocycles. The fourth-order valence-electron chi connectivity index (χ4n) is 4.13. The van der Waals surface area contributed by atoms with Crippen molar-refractivity contribution in [3.8, 4) is 5.75 Å². The van der Waals surface area contributed by atoms with Gasteiger partial charge in [-0.05, 0) is 37.0 Å². The van der Waals surface area contributed by atoms with Gasteiger partial charge in [-0.3, -0.25) is 9.80 Å². The lowest BCUT2D eigenvalue weighted by Gasteiger charge is -2.42. The molecule has 2 atom stereocenters. The number of rotatable bonds is 4. The van der Waals surface area contributed by atoms with Gasteiger partial charge in [-0.2, -0.15) is 0 Å². The van der Waals surface area contributed by atoms with Gasteiger partial charge in [0, 0.05) is 48.8 Å². The van der Waals surface area contributed by atoms with Crippen LogP contribution >= 0.6 is 15.9 Å². The lowest BCUT2D eigenvalue weighted by molar-refractivity contribution is 0.0656. The van der Waals surface area contributed by atoms with E-state index in [9.17, 15) is 0 Å². The van der Waals surface area contributed by atoms with Crippen LogP contribution in [0.5, 0.6) is 5.75 Å². The largest absolute Gasteiger partial charge is 0.496 e. The van der Waals surface area contributed by atoms with Crippen LogP contribution in [-0.4, -0.2) is 49.1 Å². The third-order valence-electron chi connectivity index (χ3n) is 5.47. The standard InChI is InChI=1S/C19H29BrN2O/c1-15-4-3-5-18(12-15)22-10-8-21(9-11-22)14-16-13-17(20)6-7-19(16)23-2/h6-7,13,15,18H,3-5,8-12,14H2,1-2H3. The van der Waals surface area contributed by atoms with Gasteiger partial charge >= 0.3 is 0 Å². The predicted molar refractivity (Wildman–Crippen MR) is 99.0 cm³/mol. The number of halogens is 1. The first-order valence-corrected chi connectivity index (χ1v) is 9.74. The second-order valence-electron chi connectivity index (χ2n) is 7.19. The van der Waals surface area contributed by atoms with Crippen LogP contribution in [-0.2, 0) is 6.54 Å². The summed E-state index contributed by atoms with van der Waals surface area (Å²) in [5.74, 6) is 1.91. The summed E-state index contributed by atoms with van der Waals surface area (Å²) in [5, 5.41) is 0. The Morgan fingerprint density at radius 3 is 2.65 bits per heavy atom. The molecular weight excluding hydrogens is 352 g/mol. The van der Waals surface area contributed by atoms with Gasteiger partial charge in [0.1, 0.15) is 5.75 Å². The van der Waals surface area contributed by atoms with Crippen molar-refractivity contribution in [2.45, 2.75) is 45.2 Å². The normalized spacial score (nSPS) is 27.1. The van der Waals surface area contributed by atoms with Crippen molar-refractivity contribution >= 4 is 15.9 Å². The molecule has 1 saturated carbocycles. The van der Waals surface area contributed by atoms with E-state index < -0.39 is 0 Å². The maximum Gasteiger partial charge on any atom is 0.123 e. The van der Waals surface area contributed by atoms with Crippen molar-refractivity contribution in [2.75, 3.05) is 33.3 Å². The smallest absolute Gasteiger partial charge is 0.123 e. The summed E-state index contributed by atoms with van der Waals surface area (Å²) in [6.07, 6.45) is 5.66. The maximum absolute atomic E-state index is 5.51. The molecule has 0 aromatic heterocycles. The molecule has 1 aromatic rings. The van der Waals surface area contributed by atoms with E-state index in [1.165, 1.54) is 57.4 Å². The molecule has 4 heteroatoms. The average Bonchev–Trinajstić information content (AvgIpc) is 2.56. The Kier molecular flexibility index (Phi) is 6.00. The molecule has 23 heavy (non-hydrogen) atoms. The molecule has 128 valence electrons. The van der Waals surface area contributed by atoms with E-state index in [1.807, 2.05) is 6.07 Å². The third kappa shape index (κ3) is 4.49. The zero-order valence-electron chi connectivity index (χ0n) is 14.4. The predicted octanol–water partition coefficient (Wildman–Crippen LogP) is 4.15. The molecule has 1 aromatic carbocycles. The van der Waals surface area contributed by atoms with Crippen molar-refractivity contribution in [3.05, 3.63) is 28.2 Å². The molecule has 0 amide bonds. The van der Waals surface area contributed by atoms with Crippen LogP contribution < -0.4 is 4.74 Å². The van der Waals surface area contributed by atoms with Crippen LogP contribution in [0.4, 0.5) is 0 Å². The van der Waals surface area contributed by atoms with Gasteiger partial charge < -0.3 is 4.74 Å². The quantitative estimate of drug-likeness (QED) is 0.779. The maximum atomic E-state index is 5.51. The van der Waals surface area contributed by atoms with E-state index in [-0.39, 0.29) is 0 Å². The fraction of sp³-hybridized carbons (Fsp3) is 0.684. The molecule has 3 rings (SSSR count). The summed E-state index contributed by atoms with van der Waals surface area (Å²) in [5.41, 5.74) is 1.28. The molecule has 0 radical (unpaired) electrons. The summed E-state index contributed by atoms with van der Waals surface area (Å²) in [6.45, 7) is 8.17. The number of benzene rings is 1. The van der Waals surface area contributed by atoms with Crippen molar-refractivity contribution in [3.63, 3.8) is 0 Å². The SMILES string of the molecule is COc1ccc(Br)cc1CN1CCN(C2CCCC(C)C2)CC1. The number of hydrogen-bond acceptors (Lipinski definition) is 3. The van der Waals surface area contributed by atoms with Crippen LogP contribution in [0.15, 0.2) is 22.7 Å².